The van der Waals surface area contributed by atoms with Gasteiger partial charge in [-0.15, -0.1) is 24.8 Å². The van der Waals surface area contributed by atoms with Crippen LogP contribution in [0.25, 0.3) is 0 Å². The molecule has 1 saturated heterocycles. The highest BCUT2D eigenvalue weighted by Crippen LogP contribution is 2.41. The lowest BCUT2D eigenvalue weighted by Crippen LogP contribution is -2.47. The van der Waals surface area contributed by atoms with Gasteiger partial charge in [-0.05, 0) is 43.6 Å². The fourth-order valence-electron chi connectivity index (χ4n) is 4.42. The molecule has 0 bridgehead atoms. The summed E-state index contributed by atoms with van der Waals surface area (Å²) >= 11 is 0. The average molecular weight is 472 g/mol. The maximum atomic E-state index is 13.8. The predicted octanol–water partition coefficient (Wildman–Crippen LogP) is 5.23. The highest BCUT2D eigenvalue weighted by Gasteiger charge is 2.41. The number of carbonyl (C=O) groups is 1. The van der Waals surface area contributed by atoms with Crippen molar-refractivity contribution in [2.24, 2.45) is 0 Å². The van der Waals surface area contributed by atoms with E-state index in [1.54, 1.807) is 6.20 Å². The van der Waals surface area contributed by atoms with E-state index in [2.05, 4.69) is 22.0 Å². The van der Waals surface area contributed by atoms with E-state index in [-0.39, 0.29) is 36.8 Å². The molecule has 32 heavy (non-hydrogen) atoms. The smallest absolute Gasteiger partial charge is 0.274 e. The van der Waals surface area contributed by atoms with Gasteiger partial charge in [0, 0.05) is 18.3 Å². The Kier molecular flexibility index (Phi) is 8.13. The lowest BCUT2D eigenvalue weighted by atomic mass is 10.0. The zero-order valence-corrected chi connectivity index (χ0v) is 19.3. The van der Waals surface area contributed by atoms with Gasteiger partial charge in [0.15, 0.2) is 11.6 Å². The van der Waals surface area contributed by atoms with Crippen molar-refractivity contribution in [2.45, 2.75) is 25.0 Å². The Labute approximate surface area is 201 Å². The molecule has 5 nitrogen and oxygen atoms in total. The van der Waals surface area contributed by atoms with Crippen LogP contribution in [-0.4, -0.2) is 35.4 Å². The van der Waals surface area contributed by atoms with Crippen LogP contribution in [0.3, 0.4) is 0 Å². The van der Waals surface area contributed by atoms with E-state index in [4.69, 9.17) is 4.74 Å². The number of benzene rings is 2. The van der Waals surface area contributed by atoms with E-state index >= 15 is 0 Å². The van der Waals surface area contributed by atoms with E-state index in [0.717, 1.165) is 30.8 Å². The van der Waals surface area contributed by atoms with E-state index in [1.165, 1.54) is 12.8 Å². The third kappa shape index (κ3) is 4.75. The molecule has 0 radical (unpaired) electrons. The van der Waals surface area contributed by atoms with Crippen LogP contribution in [0.15, 0.2) is 79.0 Å². The van der Waals surface area contributed by atoms with Gasteiger partial charge in [-0.1, -0.05) is 60.7 Å². The van der Waals surface area contributed by atoms with Crippen molar-refractivity contribution in [2.75, 3.05) is 24.5 Å². The minimum Gasteiger partial charge on any atom is -0.472 e. The molecule has 0 spiro atoms. The van der Waals surface area contributed by atoms with Gasteiger partial charge in [-0.2, -0.15) is 0 Å². The number of hydrogen-bond acceptors (Lipinski definition) is 4. The van der Waals surface area contributed by atoms with Crippen LogP contribution >= 0.6 is 24.8 Å². The fraction of sp³-hybridized carbons (Fsp3) is 0.280. The summed E-state index contributed by atoms with van der Waals surface area (Å²) < 4.78 is 6.15. The Morgan fingerprint density at radius 1 is 0.906 bits per heavy atom. The summed E-state index contributed by atoms with van der Waals surface area (Å²) in [4.78, 5) is 22.7. The molecular formula is C25H27Cl2N3O2. The Morgan fingerprint density at radius 2 is 1.56 bits per heavy atom. The molecule has 2 aromatic carbocycles. The van der Waals surface area contributed by atoms with E-state index in [9.17, 15) is 4.79 Å². The van der Waals surface area contributed by atoms with Crippen molar-refractivity contribution < 1.29 is 9.53 Å². The van der Waals surface area contributed by atoms with Crippen LogP contribution in [0.5, 0.6) is 5.75 Å². The zero-order chi connectivity index (χ0) is 20.3. The Bertz CT molecular complexity index is 1010. The number of likely N-dealkylation sites (tertiary alicyclic amines) is 1. The first kappa shape index (κ1) is 24.1. The number of fused-ring (bicyclic) bond motifs is 1. The zero-order valence-electron chi connectivity index (χ0n) is 17.7. The van der Waals surface area contributed by atoms with Gasteiger partial charge in [0.2, 0.25) is 6.10 Å². The van der Waals surface area contributed by atoms with Crippen LogP contribution in [0, 0.1) is 0 Å². The first-order valence-corrected chi connectivity index (χ1v) is 10.6. The molecule has 0 aliphatic carbocycles. The number of halogens is 2. The maximum Gasteiger partial charge on any atom is 0.274 e. The summed E-state index contributed by atoms with van der Waals surface area (Å²) in [7, 11) is 0. The maximum absolute atomic E-state index is 13.8. The first-order valence-electron chi connectivity index (χ1n) is 10.6. The molecule has 3 heterocycles. The largest absolute Gasteiger partial charge is 0.472 e. The molecule has 1 fully saturated rings. The number of anilines is 1. The highest BCUT2D eigenvalue weighted by atomic mass is 35.5. The fourth-order valence-corrected chi connectivity index (χ4v) is 4.42. The monoisotopic (exact) mass is 471 g/mol. The van der Waals surface area contributed by atoms with Crippen molar-refractivity contribution in [1.29, 1.82) is 0 Å². The van der Waals surface area contributed by atoms with Gasteiger partial charge in [-0.3, -0.25) is 9.69 Å². The van der Waals surface area contributed by atoms with Crippen LogP contribution in [-0.2, 0) is 4.79 Å². The average Bonchev–Trinajstić information content (AvgIpc) is 3.32. The minimum atomic E-state index is -0.673. The third-order valence-electron chi connectivity index (χ3n) is 5.91. The normalized spacial score (nSPS) is 18.7. The summed E-state index contributed by atoms with van der Waals surface area (Å²) in [6, 6.07) is 23.6. The van der Waals surface area contributed by atoms with Crippen LogP contribution in [0.4, 0.5) is 5.82 Å². The molecule has 5 rings (SSSR count). The number of ether oxygens (including phenoxy) is 1. The molecule has 7 heteroatoms. The molecule has 2 atom stereocenters. The summed E-state index contributed by atoms with van der Waals surface area (Å²) in [5.41, 5.74) is 1.97. The van der Waals surface area contributed by atoms with Crippen molar-refractivity contribution in [3.63, 3.8) is 0 Å². The SMILES string of the molecule is Cl.Cl.O=C1C(c2ccccc2)Oc2cccnc2N1C(CN1CCCC1)c1ccccc1. The minimum absolute atomic E-state index is 0. The van der Waals surface area contributed by atoms with Gasteiger partial charge in [0.1, 0.15) is 0 Å². The molecule has 1 amide bonds. The summed E-state index contributed by atoms with van der Waals surface area (Å²) in [5.74, 6) is 1.18. The second kappa shape index (κ2) is 10.8. The van der Waals surface area contributed by atoms with Gasteiger partial charge >= 0.3 is 0 Å². The number of hydrogen-bond donors (Lipinski definition) is 0. The van der Waals surface area contributed by atoms with Crippen LogP contribution < -0.4 is 9.64 Å². The Balaban J connectivity index is 0.00000144. The van der Waals surface area contributed by atoms with Crippen molar-refractivity contribution in [1.82, 2.24) is 9.88 Å². The summed E-state index contributed by atoms with van der Waals surface area (Å²) in [6.07, 6.45) is 3.47. The molecular weight excluding hydrogens is 445 g/mol. The van der Waals surface area contributed by atoms with Crippen molar-refractivity contribution in [3.8, 4) is 5.75 Å². The predicted molar refractivity (Wildman–Crippen MR) is 131 cm³/mol. The van der Waals surface area contributed by atoms with Crippen LogP contribution in [0.2, 0.25) is 0 Å². The van der Waals surface area contributed by atoms with Crippen molar-refractivity contribution in [3.05, 3.63) is 90.1 Å². The van der Waals surface area contributed by atoms with E-state index < -0.39 is 6.10 Å². The first-order chi connectivity index (χ1) is 14.8. The second-order valence-electron chi connectivity index (χ2n) is 7.88. The Hall–Kier alpha value is -2.60. The second-order valence-corrected chi connectivity index (χ2v) is 7.88. The molecule has 3 aromatic rings. The lowest BCUT2D eigenvalue weighted by Gasteiger charge is -2.39. The molecule has 2 aliphatic rings. The number of pyridine rings is 1. The summed E-state index contributed by atoms with van der Waals surface area (Å²) in [6.45, 7) is 2.92. The summed E-state index contributed by atoms with van der Waals surface area (Å²) in [5, 5.41) is 0. The van der Waals surface area contributed by atoms with E-state index in [1.807, 2.05) is 65.6 Å². The number of aromatic nitrogens is 1. The molecule has 2 unspecified atom stereocenters. The quantitative estimate of drug-likeness (QED) is 0.510. The third-order valence-corrected chi connectivity index (χ3v) is 5.91. The number of amides is 1. The van der Waals surface area contributed by atoms with Gasteiger partial charge in [0.25, 0.3) is 5.91 Å². The van der Waals surface area contributed by atoms with Crippen molar-refractivity contribution >= 4 is 36.5 Å². The van der Waals surface area contributed by atoms with Gasteiger partial charge < -0.3 is 9.64 Å². The number of carbonyl (C=O) groups excluding carboxylic acids is 1. The highest BCUT2D eigenvalue weighted by molar-refractivity contribution is 6.00. The molecule has 2 aliphatic heterocycles. The molecule has 1 aromatic heterocycles. The molecule has 168 valence electrons. The Morgan fingerprint density at radius 3 is 2.25 bits per heavy atom. The van der Waals surface area contributed by atoms with E-state index in [0.29, 0.717) is 11.6 Å². The number of rotatable bonds is 5. The standard InChI is InChI=1S/C25H25N3O2.2ClH/c29-25-23(20-12-5-2-6-13-20)30-22-14-9-15-26-24(22)28(25)21(18-27-16-7-8-17-27)19-10-3-1-4-11-19;;/h1-6,9-15,21,23H,7-8,16-18H2;2*1H. The van der Waals surface area contributed by atoms with Crippen LogP contribution in [0.1, 0.15) is 36.1 Å². The molecule has 0 saturated carbocycles. The topological polar surface area (TPSA) is 45.7 Å². The van der Waals surface area contributed by atoms with Gasteiger partial charge in [0.05, 0.1) is 6.04 Å². The lowest BCUT2D eigenvalue weighted by molar-refractivity contribution is -0.127. The molecule has 0 N–H and O–H groups in total. The van der Waals surface area contributed by atoms with Gasteiger partial charge in [-0.25, -0.2) is 4.98 Å². The number of nitrogens with zero attached hydrogens (tertiary/aromatic N) is 3.